The van der Waals surface area contributed by atoms with Gasteiger partial charge in [-0.1, -0.05) is 6.92 Å². The zero-order chi connectivity index (χ0) is 13.8. The third kappa shape index (κ3) is 3.12. The van der Waals surface area contributed by atoms with Crippen LogP contribution >= 0.6 is 0 Å². The Labute approximate surface area is 103 Å². The summed E-state index contributed by atoms with van der Waals surface area (Å²) in [4.78, 5) is 10.5. The van der Waals surface area contributed by atoms with Gasteiger partial charge in [0.05, 0.1) is 12.7 Å². The van der Waals surface area contributed by atoms with Crippen molar-refractivity contribution in [2.75, 3.05) is 7.11 Å². The van der Waals surface area contributed by atoms with Crippen LogP contribution < -0.4 is 4.74 Å². The molecule has 98 valence electrons. The number of halogens is 3. The zero-order valence-electron chi connectivity index (χ0n) is 10.0. The van der Waals surface area contributed by atoms with Crippen molar-refractivity contribution < 1.29 is 22.7 Å². The Hall–Kier alpha value is -1.78. The summed E-state index contributed by atoms with van der Waals surface area (Å²) in [5, 5.41) is 0. The normalized spacial score (nSPS) is 12.4. The van der Waals surface area contributed by atoms with Gasteiger partial charge in [0.2, 0.25) is 0 Å². The second kappa shape index (κ2) is 5.71. The summed E-state index contributed by atoms with van der Waals surface area (Å²) in [5.41, 5.74) is 0.0402. The van der Waals surface area contributed by atoms with E-state index in [0.717, 1.165) is 12.1 Å². The van der Waals surface area contributed by atoms with Gasteiger partial charge in [0.15, 0.2) is 0 Å². The van der Waals surface area contributed by atoms with Gasteiger partial charge in [-0.3, -0.25) is 4.79 Å². The minimum absolute atomic E-state index is 0.293. The monoisotopic (exact) mass is 258 g/mol. The number of hydrogen-bond donors (Lipinski definition) is 0. The number of hydrogen-bond acceptors (Lipinski definition) is 2. The van der Waals surface area contributed by atoms with Crippen LogP contribution in [0.2, 0.25) is 0 Å². The van der Waals surface area contributed by atoms with Crippen molar-refractivity contribution in [2.45, 2.75) is 19.5 Å². The van der Waals surface area contributed by atoms with Gasteiger partial charge >= 0.3 is 6.18 Å². The van der Waals surface area contributed by atoms with E-state index in [1.165, 1.54) is 19.3 Å². The van der Waals surface area contributed by atoms with Gasteiger partial charge in [-0.2, -0.15) is 13.2 Å². The SMILES string of the molecule is CC/C(=C/C=O)c1cc(C(F)(F)F)ccc1OC. The molecular weight excluding hydrogens is 245 g/mol. The van der Waals surface area contributed by atoms with Crippen LogP contribution in [0, 0.1) is 0 Å². The van der Waals surface area contributed by atoms with Gasteiger partial charge in [-0.05, 0) is 36.3 Å². The minimum atomic E-state index is -4.42. The van der Waals surface area contributed by atoms with E-state index in [2.05, 4.69) is 0 Å². The predicted octanol–water partition coefficient (Wildman–Crippen LogP) is 3.71. The lowest BCUT2D eigenvalue weighted by Gasteiger charge is -2.14. The molecule has 0 amide bonds. The zero-order valence-corrected chi connectivity index (χ0v) is 10.0. The van der Waals surface area contributed by atoms with Crippen LogP contribution in [0.1, 0.15) is 24.5 Å². The van der Waals surface area contributed by atoms with Crippen molar-refractivity contribution in [2.24, 2.45) is 0 Å². The van der Waals surface area contributed by atoms with E-state index < -0.39 is 11.7 Å². The first kappa shape index (κ1) is 14.3. The lowest BCUT2D eigenvalue weighted by Crippen LogP contribution is -2.06. The molecule has 1 aromatic carbocycles. The van der Waals surface area contributed by atoms with E-state index in [-0.39, 0.29) is 0 Å². The van der Waals surface area contributed by atoms with Gasteiger partial charge in [0, 0.05) is 5.56 Å². The summed E-state index contributed by atoms with van der Waals surface area (Å²) < 4.78 is 42.9. The molecular formula is C13H13F3O2. The first-order valence-corrected chi connectivity index (χ1v) is 5.34. The number of alkyl halides is 3. The third-order valence-corrected chi connectivity index (χ3v) is 2.52. The average Bonchev–Trinajstić information content (AvgIpc) is 2.34. The van der Waals surface area contributed by atoms with E-state index in [1.54, 1.807) is 6.92 Å². The van der Waals surface area contributed by atoms with Crippen molar-refractivity contribution >= 4 is 11.9 Å². The molecule has 0 radical (unpaired) electrons. The van der Waals surface area contributed by atoms with Gasteiger partial charge in [-0.15, -0.1) is 0 Å². The lowest BCUT2D eigenvalue weighted by atomic mass is 9.99. The molecule has 0 N–H and O–H groups in total. The molecule has 0 unspecified atom stereocenters. The largest absolute Gasteiger partial charge is 0.496 e. The number of benzene rings is 1. The summed E-state index contributed by atoms with van der Waals surface area (Å²) in [6, 6.07) is 3.21. The maximum atomic E-state index is 12.6. The molecule has 0 heterocycles. The number of ether oxygens (including phenoxy) is 1. The van der Waals surface area contributed by atoms with Gasteiger partial charge in [-0.25, -0.2) is 0 Å². The van der Waals surface area contributed by atoms with Crippen LogP contribution in [0.15, 0.2) is 24.3 Å². The molecule has 0 aliphatic carbocycles. The Balaban J connectivity index is 3.39. The van der Waals surface area contributed by atoms with E-state index in [1.807, 2.05) is 0 Å². The molecule has 1 aromatic rings. The summed E-state index contributed by atoms with van der Waals surface area (Å²) >= 11 is 0. The Morgan fingerprint density at radius 2 is 2.06 bits per heavy atom. The first-order chi connectivity index (χ1) is 8.43. The van der Waals surface area contributed by atoms with Crippen LogP contribution in [0.5, 0.6) is 5.75 Å². The standard InChI is InChI=1S/C13H13F3O2/c1-3-9(6-7-17)11-8-10(13(14,15)16)4-5-12(11)18-2/h4-8H,3H2,1-2H3/b9-6-. The van der Waals surface area contributed by atoms with Gasteiger partial charge in [0.1, 0.15) is 12.0 Å². The van der Waals surface area contributed by atoms with Crippen LogP contribution in [0.3, 0.4) is 0 Å². The van der Waals surface area contributed by atoms with Crippen molar-refractivity contribution in [3.05, 3.63) is 35.4 Å². The quantitative estimate of drug-likeness (QED) is 0.608. The minimum Gasteiger partial charge on any atom is -0.496 e. The van der Waals surface area contributed by atoms with Crippen molar-refractivity contribution in [3.8, 4) is 5.75 Å². The highest BCUT2D eigenvalue weighted by Crippen LogP contribution is 2.35. The third-order valence-electron chi connectivity index (χ3n) is 2.52. The van der Waals surface area contributed by atoms with Crippen molar-refractivity contribution in [1.82, 2.24) is 0 Å². The molecule has 0 bridgehead atoms. The van der Waals surface area contributed by atoms with E-state index in [4.69, 9.17) is 4.74 Å². The highest BCUT2D eigenvalue weighted by atomic mass is 19.4. The molecule has 0 fully saturated rings. The van der Waals surface area contributed by atoms with Crippen LogP contribution in [0.4, 0.5) is 13.2 Å². The highest BCUT2D eigenvalue weighted by molar-refractivity contribution is 5.83. The number of carbonyl (C=O) groups excluding carboxylic acids is 1. The molecule has 0 spiro atoms. The van der Waals surface area contributed by atoms with Crippen LogP contribution in [0.25, 0.3) is 5.57 Å². The molecule has 0 atom stereocenters. The van der Waals surface area contributed by atoms with E-state index in [0.29, 0.717) is 29.6 Å². The number of carbonyl (C=O) groups is 1. The summed E-state index contributed by atoms with van der Waals surface area (Å²) in [7, 11) is 1.38. The lowest BCUT2D eigenvalue weighted by molar-refractivity contribution is -0.137. The second-order valence-corrected chi connectivity index (χ2v) is 3.59. The Kier molecular flexibility index (Phi) is 4.53. The maximum absolute atomic E-state index is 12.6. The fourth-order valence-corrected chi connectivity index (χ4v) is 1.62. The summed E-state index contributed by atoms with van der Waals surface area (Å²) in [5.74, 6) is 0.318. The molecule has 0 aliphatic rings. The molecule has 2 nitrogen and oxygen atoms in total. The molecule has 18 heavy (non-hydrogen) atoms. The number of allylic oxidation sites excluding steroid dienone is 2. The highest BCUT2D eigenvalue weighted by Gasteiger charge is 2.31. The smallest absolute Gasteiger partial charge is 0.416 e. The summed E-state index contributed by atoms with van der Waals surface area (Å²) in [6.07, 6.45) is -2.17. The maximum Gasteiger partial charge on any atom is 0.416 e. The van der Waals surface area contributed by atoms with Crippen LogP contribution in [-0.2, 0) is 11.0 Å². The number of aldehydes is 1. The average molecular weight is 258 g/mol. The fraction of sp³-hybridized carbons (Fsp3) is 0.308. The Morgan fingerprint density at radius 3 is 2.50 bits per heavy atom. The molecule has 0 saturated heterocycles. The van der Waals surface area contributed by atoms with E-state index >= 15 is 0 Å². The molecule has 0 saturated carbocycles. The second-order valence-electron chi connectivity index (χ2n) is 3.59. The molecule has 1 rings (SSSR count). The van der Waals surface area contributed by atoms with E-state index in [9.17, 15) is 18.0 Å². The van der Waals surface area contributed by atoms with Crippen LogP contribution in [-0.4, -0.2) is 13.4 Å². The van der Waals surface area contributed by atoms with Crippen molar-refractivity contribution in [1.29, 1.82) is 0 Å². The van der Waals surface area contributed by atoms with Crippen molar-refractivity contribution in [3.63, 3.8) is 0 Å². The number of methoxy groups -OCH3 is 1. The number of rotatable bonds is 4. The molecule has 0 aromatic heterocycles. The Morgan fingerprint density at radius 1 is 1.39 bits per heavy atom. The van der Waals surface area contributed by atoms with Gasteiger partial charge < -0.3 is 4.74 Å². The fourth-order valence-electron chi connectivity index (χ4n) is 1.62. The first-order valence-electron chi connectivity index (χ1n) is 5.34. The summed E-state index contributed by atoms with van der Waals surface area (Å²) in [6.45, 7) is 1.76. The van der Waals surface area contributed by atoms with Gasteiger partial charge in [0.25, 0.3) is 0 Å². The Bertz CT molecular complexity index is 462. The topological polar surface area (TPSA) is 26.3 Å². The predicted molar refractivity (Wildman–Crippen MR) is 62.3 cm³/mol. The molecule has 0 aliphatic heterocycles. The molecule has 5 heteroatoms.